The summed E-state index contributed by atoms with van der Waals surface area (Å²) in [4.78, 5) is 0. The summed E-state index contributed by atoms with van der Waals surface area (Å²) in [5.74, 6) is -0.351. The minimum Gasteiger partial charge on any atom is -0.496 e. The van der Waals surface area contributed by atoms with Crippen LogP contribution in [0.15, 0.2) is 30.3 Å². The van der Waals surface area contributed by atoms with Crippen LogP contribution in [0.25, 0.3) is 11.1 Å². The van der Waals surface area contributed by atoms with Gasteiger partial charge in [0.1, 0.15) is 11.6 Å². The van der Waals surface area contributed by atoms with Crippen LogP contribution in [0.2, 0.25) is 0 Å². The molecule has 130 valence electrons. The molecule has 2 aromatic rings. The third kappa shape index (κ3) is 3.53. The van der Waals surface area contributed by atoms with E-state index in [2.05, 4.69) is 0 Å². The van der Waals surface area contributed by atoms with Crippen LogP contribution in [0.1, 0.15) is 36.5 Å². The van der Waals surface area contributed by atoms with Crippen LogP contribution in [0, 0.1) is 5.82 Å². The van der Waals surface area contributed by atoms with Crippen LogP contribution >= 0.6 is 0 Å². The lowest BCUT2D eigenvalue weighted by Crippen LogP contribution is -2.06. The minimum absolute atomic E-state index is 0.101. The van der Waals surface area contributed by atoms with E-state index in [4.69, 9.17) is 4.74 Å². The summed E-state index contributed by atoms with van der Waals surface area (Å²) in [6.07, 6.45) is -4.50. The van der Waals surface area contributed by atoms with Crippen molar-refractivity contribution in [3.8, 4) is 16.9 Å². The topological polar surface area (TPSA) is 29.5 Å². The van der Waals surface area contributed by atoms with Crippen LogP contribution < -0.4 is 4.74 Å². The van der Waals surface area contributed by atoms with Gasteiger partial charge < -0.3 is 9.84 Å². The van der Waals surface area contributed by atoms with Gasteiger partial charge in [0.15, 0.2) is 0 Å². The Morgan fingerprint density at radius 2 is 1.75 bits per heavy atom. The number of halogens is 4. The maximum atomic E-state index is 14.1. The number of aliphatic hydroxyl groups is 1. The number of benzene rings is 2. The van der Waals surface area contributed by atoms with E-state index in [-0.39, 0.29) is 17.2 Å². The van der Waals surface area contributed by atoms with E-state index in [9.17, 15) is 22.7 Å². The predicted octanol–water partition coefficient (Wildman–Crippen LogP) is 5.14. The third-order valence-corrected chi connectivity index (χ3v) is 3.83. The van der Waals surface area contributed by atoms with Crippen molar-refractivity contribution in [1.29, 1.82) is 0 Å². The van der Waals surface area contributed by atoms with Crippen molar-refractivity contribution in [2.45, 2.75) is 32.5 Å². The molecule has 2 aromatic carbocycles. The van der Waals surface area contributed by atoms with Crippen molar-refractivity contribution >= 4 is 0 Å². The van der Waals surface area contributed by atoms with Gasteiger partial charge in [-0.25, -0.2) is 4.39 Å². The normalized spacial score (nSPS) is 13.0. The summed E-state index contributed by atoms with van der Waals surface area (Å²) in [6, 6.07) is 5.87. The summed E-state index contributed by atoms with van der Waals surface area (Å²) < 4.78 is 57.8. The van der Waals surface area contributed by atoms with Gasteiger partial charge in [-0.15, -0.1) is 0 Å². The fraction of sp³-hybridized carbons (Fsp3) is 0.333. The first-order valence-corrected chi connectivity index (χ1v) is 7.37. The molecule has 2 nitrogen and oxygen atoms in total. The second-order valence-electron chi connectivity index (χ2n) is 5.76. The predicted molar refractivity (Wildman–Crippen MR) is 83.4 cm³/mol. The molecule has 1 atom stereocenters. The Kier molecular flexibility index (Phi) is 5.18. The molecule has 0 bridgehead atoms. The van der Waals surface area contributed by atoms with Crippen LogP contribution in [-0.4, -0.2) is 12.2 Å². The van der Waals surface area contributed by atoms with Crippen LogP contribution in [0.5, 0.6) is 5.75 Å². The maximum Gasteiger partial charge on any atom is 0.416 e. The van der Waals surface area contributed by atoms with Crippen LogP contribution in [-0.2, 0) is 12.8 Å². The number of hydrogen-bond donors (Lipinski definition) is 1. The lowest BCUT2D eigenvalue weighted by atomic mass is 9.95. The zero-order valence-electron chi connectivity index (χ0n) is 13.5. The summed E-state index contributed by atoms with van der Waals surface area (Å²) in [5, 5.41) is 9.48. The zero-order chi connectivity index (χ0) is 18.1. The zero-order valence-corrected chi connectivity index (χ0v) is 13.5. The van der Waals surface area contributed by atoms with Gasteiger partial charge in [-0.3, -0.25) is 0 Å². The standard InChI is InChI=1S/C18H18F4O2/c1-10(2)14-7-15(17(24-3)8-16(14)19)13-5-4-12(18(20,21)22)6-11(13)9-23/h4-8,10,23H,9H2,1-3H3/i1+1,10+1. The van der Waals surface area contributed by atoms with Gasteiger partial charge in [-0.05, 0) is 40.8 Å². The second kappa shape index (κ2) is 6.81. The molecule has 2 rings (SSSR count). The van der Waals surface area contributed by atoms with Gasteiger partial charge in [0.2, 0.25) is 0 Å². The molecule has 0 saturated heterocycles. The summed E-state index contributed by atoms with van der Waals surface area (Å²) >= 11 is 0. The third-order valence-electron chi connectivity index (χ3n) is 3.83. The van der Waals surface area contributed by atoms with E-state index in [1.165, 1.54) is 19.2 Å². The van der Waals surface area contributed by atoms with E-state index < -0.39 is 24.2 Å². The highest BCUT2D eigenvalue weighted by atomic mass is 19.4. The van der Waals surface area contributed by atoms with Crippen molar-refractivity contribution in [2.75, 3.05) is 7.11 Å². The molecule has 0 aliphatic carbocycles. The minimum atomic E-state index is -4.50. The van der Waals surface area contributed by atoms with E-state index in [0.29, 0.717) is 16.7 Å². The lowest BCUT2D eigenvalue weighted by molar-refractivity contribution is -0.137. The molecule has 0 amide bonds. The highest BCUT2D eigenvalue weighted by Crippen LogP contribution is 2.39. The Hall–Kier alpha value is -2.08. The number of ether oxygens (including phenoxy) is 1. The summed E-state index contributed by atoms with van der Waals surface area (Å²) in [7, 11) is 1.36. The number of aliphatic hydroxyl groups excluding tert-OH is 1. The molecule has 0 spiro atoms. The molecule has 1 N–H and O–H groups in total. The maximum absolute atomic E-state index is 14.1. The van der Waals surface area contributed by atoms with Crippen molar-refractivity contribution in [2.24, 2.45) is 0 Å². The second-order valence-corrected chi connectivity index (χ2v) is 5.76. The molecule has 0 radical (unpaired) electrons. The molecule has 0 heterocycles. The SMILES string of the molecule is COc1cc(F)c([13CH](C)[13CH3])cc1-c1ccc(C(F)(F)F)cc1CO. The van der Waals surface area contributed by atoms with E-state index in [0.717, 1.165) is 12.1 Å². The monoisotopic (exact) mass is 344 g/mol. The molecular weight excluding hydrogens is 326 g/mol. The van der Waals surface area contributed by atoms with Crippen LogP contribution in [0.4, 0.5) is 17.6 Å². The molecule has 24 heavy (non-hydrogen) atoms. The Labute approximate surface area is 137 Å². The fourth-order valence-corrected chi connectivity index (χ4v) is 2.56. The van der Waals surface area contributed by atoms with Crippen molar-refractivity contribution < 1.29 is 27.4 Å². The first-order valence-electron chi connectivity index (χ1n) is 7.37. The number of methoxy groups -OCH3 is 1. The largest absolute Gasteiger partial charge is 0.496 e. The molecule has 0 aliphatic rings. The van der Waals surface area contributed by atoms with E-state index in [1.54, 1.807) is 6.07 Å². The molecule has 1 unspecified atom stereocenters. The summed E-state index contributed by atoms with van der Waals surface area (Å²) in [5.41, 5.74) is 0.504. The molecule has 0 aromatic heterocycles. The van der Waals surface area contributed by atoms with Crippen molar-refractivity contribution in [1.82, 2.24) is 0 Å². The Balaban J connectivity index is 2.69. The lowest BCUT2D eigenvalue weighted by Gasteiger charge is -2.17. The number of alkyl halides is 3. The molecule has 6 heteroatoms. The molecular formula is C18H18F4O2. The fourth-order valence-electron chi connectivity index (χ4n) is 2.56. The first kappa shape index (κ1) is 18.3. The van der Waals surface area contributed by atoms with Gasteiger partial charge in [0.25, 0.3) is 0 Å². The molecule has 0 saturated carbocycles. The highest BCUT2D eigenvalue weighted by molar-refractivity contribution is 5.74. The average molecular weight is 344 g/mol. The van der Waals surface area contributed by atoms with Crippen LogP contribution in [0.3, 0.4) is 0 Å². The van der Waals surface area contributed by atoms with Crippen molar-refractivity contribution in [3.05, 3.63) is 52.8 Å². The Morgan fingerprint density at radius 1 is 1.08 bits per heavy atom. The number of rotatable bonds is 4. The van der Waals surface area contributed by atoms with Gasteiger partial charge in [0, 0.05) is 11.6 Å². The smallest absolute Gasteiger partial charge is 0.416 e. The molecule has 0 aliphatic heterocycles. The molecule has 0 fully saturated rings. The highest BCUT2D eigenvalue weighted by Gasteiger charge is 2.31. The van der Waals surface area contributed by atoms with E-state index in [1.807, 2.05) is 13.8 Å². The average Bonchev–Trinajstić information content (AvgIpc) is 2.52. The van der Waals surface area contributed by atoms with Gasteiger partial charge in [-0.1, -0.05) is 19.9 Å². The van der Waals surface area contributed by atoms with Gasteiger partial charge >= 0.3 is 6.18 Å². The quantitative estimate of drug-likeness (QED) is 0.615. The number of hydrogen-bond acceptors (Lipinski definition) is 2. The van der Waals surface area contributed by atoms with Gasteiger partial charge in [0.05, 0.1) is 19.3 Å². The van der Waals surface area contributed by atoms with Crippen molar-refractivity contribution in [3.63, 3.8) is 0 Å². The Bertz CT molecular complexity index is 737. The first-order chi connectivity index (χ1) is 11.2. The van der Waals surface area contributed by atoms with E-state index >= 15 is 0 Å². The summed E-state index contributed by atoms with van der Waals surface area (Å²) in [6.45, 7) is 3.06. The Morgan fingerprint density at radius 3 is 2.25 bits per heavy atom. The van der Waals surface area contributed by atoms with Gasteiger partial charge in [-0.2, -0.15) is 13.2 Å².